The predicted molar refractivity (Wildman–Crippen MR) is 72.3 cm³/mol. The van der Waals surface area contributed by atoms with Crippen molar-refractivity contribution in [3.05, 3.63) is 39.9 Å². The minimum absolute atomic E-state index is 0.0285. The Hall–Kier alpha value is -1.75. The highest BCUT2D eigenvalue weighted by molar-refractivity contribution is 5.97. The van der Waals surface area contributed by atoms with Crippen molar-refractivity contribution in [2.75, 3.05) is 13.2 Å². The second-order valence-corrected chi connectivity index (χ2v) is 4.82. The molecule has 0 saturated heterocycles. The van der Waals surface area contributed by atoms with Crippen LogP contribution in [0.3, 0.4) is 0 Å². The van der Waals surface area contributed by atoms with Crippen LogP contribution in [0.15, 0.2) is 24.3 Å². The fourth-order valence-corrected chi connectivity index (χ4v) is 1.63. The summed E-state index contributed by atoms with van der Waals surface area (Å²) in [5.41, 5.74) is 0.240. The summed E-state index contributed by atoms with van der Waals surface area (Å²) in [5.74, 6) is 0.393. The Morgan fingerprint density at radius 2 is 2.16 bits per heavy atom. The molecule has 0 fully saturated rings. The topological polar surface area (TPSA) is 69.4 Å². The van der Waals surface area contributed by atoms with Crippen molar-refractivity contribution in [2.45, 2.75) is 26.7 Å². The monoisotopic (exact) mass is 265 g/mol. The lowest BCUT2D eigenvalue weighted by Gasteiger charge is -2.05. The summed E-state index contributed by atoms with van der Waals surface area (Å²) in [4.78, 5) is 21.9. The van der Waals surface area contributed by atoms with Crippen LogP contribution in [0.2, 0.25) is 0 Å². The number of Topliss-reactive ketones (excluding diaryl/α,β-unsaturated/α-hetero) is 1. The summed E-state index contributed by atoms with van der Waals surface area (Å²) in [7, 11) is 0. The maximum absolute atomic E-state index is 11.8. The van der Waals surface area contributed by atoms with Crippen LogP contribution in [-0.4, -0.2) is 23.9 Å². The van der Waals surface area contributed by atoms with E-state index in [2.05, 4.69) is 13.8 Å². The zero-order chi connectivity index (χ0) is 14.3. The van der Waals surface area contributed by atoms with Crippen molar-refractivity contribution in [2.24, 2.45) is 5.92 Å². The molecule has 0 spiro atoms. The Morgan fingerprint density at radius 1 is 1.42 bits per heavy atom. The molecule has 0 unspecified atom stereocenters. The number of nitrogens with zero attached hydrogens (tertiary/aromatic N) is 1. The molecule has 0 saturated carbocycles. The van der Waals surface area contributed by atoms with Gasteiger partial charge in [0.15, 0.2) is 5.78 Å². The van der Waals surface area contributed by atoms with E-state index in [1.807, 2.05) is 0 Å². The number of nitro groups is 1. The van der Waals surface area contributed by atoms with E-state index in [9.17, 15) is 14.9 Å². The molecule has 0 aromatic heterocycles. The molecule has 0 aliphatic carbocycles. The molecule has 1 aromatic carbocycles. The van der Waals surface area contributed by atoms with Gasteiger partial charge in [-0.1, -0.05) is 26.0 Å². The van der Waals surface area contributed by atoms with Crippen LogP contribution < -0.4 is 0 Å². The van der Waals surface area contributed by atoms with Crippen LogP contribution in [-0.2, 0) is 4.74 Å². The van der Waals surface area contributed by atoms with Crippen LogP contribution >= 0.6 is 0 Å². The number of non-ortho nitro benzene ring substituents is 1. The largest absolute Gasteiger partial charge is 0.373 e. The Kier molecular flexibility index (Phi) is 6.15. The number of hydrogen-bond acceptors (Lipinski definition) is 4. The van der Waals surface area contributed by atoms with E-state index in [0.717, 1.165) is 12.8 Å². The lowest BCUT2D eigenvalue weighted by atomic mass is 10.1. The van der Waals surface area contributed by atoms with Crippen LogP contribution in [0.4, 0.5) is 5.69 Å². The third-order valence-electron chi connectivity index (χ3n) is 2.68. The third-order valence-corrected chi connectivity index (χ3v) is 2.68. The van der Waals surface area contributed by atoms with Gasteiger partial charge in [0.25, 0.3) is 5.69 Å². The second kappa shape index (κ2) is 7.63. The first-order valence-electron chi connectivity index (χ1n) is 6.36. The Labute approximate surface area is 112 Å². The first kappa shape index (κ1) is 15.3. The molecule has 0 heterocycles. The highest BCUT2D eigenvalue weighted by Gasteiger charge is 2.11. The lowest BCUT2D eigenvalue weighted by Crippen LogP contribution is -2.10. The van der Waals surface area contributed by atoms with Crippen molar-refractivity contribution in [3.8, 4) is 0 Å². The summed E-state index contributed by atoms with van der Waals surface area (Å²) in [5, 5.41) is 10.6. The fourth-order valence-electron chi connectivity index (χ4n) is 1.63. The van der Waals surface area contributed by atoms with E-state index < -0.39 is 4.92 Å². The zero-order valence-electron chi connectivity index (χ0n) is 11.3. The molecular weight excluding hydrogens is 246 g/mol. The van der Waals surface area contributed by atoms with Gasteiger partial charge in [-0.2, -0.15) is 0 Å². The van der Waals surface area contributed by atoms with Gasteiger partial charge in [0.1, 0.15) is 6.61 Å². The number of benzene rings is 1. The van der Waals surface area contributed by atoms with Gasteiger partial charge in [0.05, 0.1) is 4.92 Å². The molecule has 5 nitrogen and oxygen atoms in total. The molecule has 0 radical (unpaired) electrons. The van der Waals surface area contributed by atoms with E-state index in [1.54, 1.807) is 6.07 Å². The van der Waals surface area contributed by atoms with Gasteiger partial charge >= 0.3 is 0 Å². The number of carbonyl (C=O) groups is 1. The van der Waals surface area contributed by atoms with E-state index in [-0.39, 0.29) is 18.1 Å². The normalized spacial score (nSPS) is 10.7. The van der Waals surface area contributed by atoms with Gasteiger partial charge in [-0.25, -0.2) is 0 Å². The standard InChI is InChI=1S/C14H19NO4/c1-11(2)5-4-8-19-10-14(16)12-6-3-7-13(9-12)15(17)18/h3,6-7,9,11H,4-5,8,10H2,1-2H3. The number of rotatable bonds is 8. The number of carbonyl (C=O) groups excluding carboxylic acids is 1. The van der Waals surface area contributed by atoms with Crippen molar-refractivity contribution in [3.63, 3.8) is 0 Å². The highest BCUT2D eigenvalue weighted by atomic mass is 16.6. The molecule has 0 aliphatic rings. The molecular formula is C14H19NO4. The van der Waals surface area contributed by atoms with Crippen LogP contribution in [0.1, 0.15) is 37.0 Å². The second-order valence-electron chi connectivity index (χ2n) is 4.82. The van der Waals surface area contributed by atoms with Gasteiger partial charge in [0, 0.05) is 24.3 Å². The molecule has 0 N–H and O–H groups in total. The van der Waals surface area contributed by atoms with Crippen LogP contribution in [0, 0.1) is 16.0 Å². The zero-order valence-corrected chi connectivity index (χ0v) is 11.3. The molecule has 0 bridgehead atoms. The predicted octanol–water partition coefficient (Wildman–Crippen LogP) is 3.23. The van der Waals surface area contributed by atoms with Crippen molar-refractivity contribution < 1.29 is 14.5 Å². The van der Waals surface area contributed by atoms with E-state index in [4.69, 9.17) is 4.74 Å². The van der Waals surface area contributed by atoms with Gasteiger partial charge in [0.2, 0.25) is 0 Å². The van der Waals surface area contributed by atoms with Crippen molar-refractivity contribution >= 4 is 11.5 Å². The highest BCUT2D eigenvalue weighted by Crippen LogP contribution is 2.13. The van der Waals surface area contributed by atoms with Gasteiger partial charge in [-0.3, -0.25) is 14.9 Å². The number of ether oxygens (including phenoxy) is 1. The lowest BCUT2D eigenvalue weighted by molar-refractivity contribution is -0.384. The Bertz CT molecular complexity index is 443. The van der Waals surface area contributed by atoms with Gasteiger partial charge in [-0.05, 0) is 18.8 Å². The molecule has 0 aliphatic heterocycles. The molecule has 0 atom stereocenters. The Balaban J connectivity index is 2.41. The summed E-state index contributed by atoms with van der Waals surface area (Å²) >= 11 is 0. The van der Waals surface area contributed by atoms with Crippen LogP contribution in [0.25, 0.3) is 0 Å². The SMILES string of the molecule is CC(C)CCCOCC(=O)c1cccc([N+](=O)[O-])c1. The van der Waals surface area contributed by atoms with E-state index in [1.165, 1.54) is 18.2 Å². The summed E-state index contributed by atoms with van der Waals surface area (Å²) in [6.45, 7) is 4.78. The average Bonchev–Trinajstić information content (AvgIpc) is 2.37. The quantitative estimate of drug-likeness (QED) is 0.313. The fraction of sp³-hybridized carbons (Fsp3) is 0.500. The molecule has 1 aromatic rings. The van der Waals surface area contributed by atoms with E-state index >= 15 is 0 Å². The van der Waals surface area contributed by atoms with E-state index in [0.29, 0.717) is 18.1 Å². The molecule has 19 heavy (non-hydrogen) atoms. The van der Waals surface area contributed by atoms with Crippen LogP contribution in [0.5, 0.6) is 0 Å². The minimum atomic E-state index is -0.514. The first-order valence-corrected chi connectivity index (χ1v) is 6.36. The van der Waals surface area contributed by atoms with Crippen molar-refractivity contribution in [1.82, 2.24) is 0 Å². The molecule has 1 rings (SSSR count). The summed E-state index contributed by atoms with van der Waals surface area (Å²) in [6, 6.07) is 5.71. The maximum Gasteiger partial charge on any atom is 0.270 e. The summed E-state index contributed by atoms with van der Waals surface area (Å²) in [6.07, 6.45) is 1.98. The molecule has 0 amide bonds. The smallest absolute Gasteiger partial charge is 0.270 e. The van der Waals surface area contributed by atoms with Crippen molar-refractivity contribution in [1.29, 1.82) is 0 Å². The number of ketones is 1. The minimum Gasteiger partial charge on any atom is -0.373 e. The molecule has 104 valence electrons. The first-order chi connectivity index (χ1) is 9.00. The average molecular weight is 265 g/mol. The maximum atomic E-state index is 11.8. The molecule has 5 heteroatoms. The van der Waals surface area contributed by atoms with Gasteiger partial charge < -0.3 is 4.74 Å². The third kappa shape index (κ3) is 5.61. The Morgan fingerprint density at radius 3 is 2.79 bits per heavy atom. The number of hydrogen-bond donors (Lipinski definition) is 0. The number of nitro benzene ring substituents is 1. The van der Waals surface area contributed by atoms with Gasteiger partial charge in [-0.15, -0.1) is 0 Å². The summed E-state index contributed by atoms with van der Waals surface area (Å²) < 4.78 is 5.28.